The van der Waals surface area contributed by atoms with Gasteiger partial charge in [-0.05, 0) is 43.9 Å². The topological polar surface area (TPSA) is 72.5 Å². The fourth-order valence-electron chi connectivity index (χ4n) is 1.61. The van der Waals surface area contributed by atoms with Crippen molar-refractivity contribution in [3.8, 4) is 11.5 Å². The third-order valence-corrected chi connectivity index (χ3v) is 3.18. The number of rotatable bonds is 5. The molecule has 106 valence electrons. The summed E-state index contributed by atoms with van der Waals surface area (Å²) in [7, 11) is 0. The fourth-order valence-corrected chi connectivity index (χ4v) is 2.08. The Balaban J connectivity index is 2.27. The van der Waals surface area contributed by atoms with E-state index in [0.717, 1.165) is 16.5 Å². The Kier molecular flexibility index (Phi) is 4.62. The van der Waals surface area contributed by atoms with E-state index >= 15 is 0 Å². The summed E-state index contributed by atoms with van der Waals surface area (Å²) in [6.45, 7) is 4.20. The van der Waals surface area contributed by atoms with Crippen LogP contribution in [0.3, 0.4) is 0 Å². The van der Waals surface area contributed by atoms with E-state index in [1.807, 2.05) is 20.1 Å². The van der Waals surface area contributed by atoms with Gasteiger partial charge in [-0.15, -0.1) is 10.2 Å². The molecule has 2 aromatic rings. The number of hydrogen-bond acceptors (Lipinski definition) is 6. The number of aryl methyl sites for hydroxylation is 1. The van der Waals surface area contributed by atoms with Crippen LogP contribution < -0.4 is 4.74 Å². The lowest BCUT2D eigenvalue weighted by molar-refractivity contribution is 0.318. The Morgan fingerprint density at radius 3 is 2.95 bits per heavy atom. The highest BCUT2D eigenvalue weighted by atomic mass is 32.2. The first-order chi connectivity index (χ1) is 9.65. The molecule has 0 atom stereocenters. The van der Waals surface area contributed by atoms with E-state index < -0.39 is 0 Å². The molecule has 0 aliphatic rings. The molecule has 0 unspecified atom stereocenters. The third kappa shape index (κ3) is 3.11. The molecule has 20 heavy (non-hydrogen) atoms. The molecule has 6 nitrogen and oxygen atoms in total. The van der Waals surface area contributed by atoms with Crippen molar-refractivity contribution >= 4 is 18.0 Å². The van der Waals surface area contributed by atoms with Crippen LogP contribution in [0.5, 0.6) is 11.5 Å². The molecule has 0 fully saturated rings. The molecule has 0 aliphatic heterocycles. The van der Waals surface area contributed by atoms with Crippen LogP contribution in [0.25, 0.3) is 0 Å². The Morgan fingerprint density at radius 2 is 2.25 bits per heavy atom. The number of hydrogen-bond donors (Lipinski definition) is 1. The summed E-state index contributed by atoms with van der Waals surface area (Å²) in [5.41, 5.74) is 0.825. The van der Waals surface area contributed by atoms with Gasteiger partial charge in [0, 0.05) is 0 Å². The highest BCUT2D eigenvalue weighted by Gasteiger charge is 2.06. The molecule has 1 aromatic carbocycles. The monoisotopic (exact) mass is 292 g/mol. The zero-order valence-corrected chi connectivity index (χ0v) is 12.4. The van der Waals surface area contributed by atoms with Gasteiger partial charge >= 0.3 is 0 Å². The van der Waals surface area contributed by atoms with Crippen LogP contribution >= 0.6 is 11.8 Å². The SMILES string of the molecule is CCOc1cc(/C=N\n2c(C)nnc2SC)ccc1O. The molecule has 0 spiro atoms. The number of aromatic nitrogens is 3. The standard InChI is InChI=1S/C13H16N4O2S/c1-4-19-12-7-10(5-6-11(12)18)8-14-17-9(2)15-16-13(17)20-3/h5-8,18H,4H2,1-3H3/b14-8-. The maximum absolute atomic E-state index is 9.65. The summed E-state index contributed by atoms with van der Waals surface area (Å²) in [6.07, 6.45) is 3.60. The van der Waals surface area contributed by atoms with Gasteiger partial charge in [0.2, 0.25) is 5.16 Å². The van der Waals surface area contributed by atoms with E-state index in [-0.39, 0.29) is 5.75 Å². The maximum atomic E-state index is 9.65. The van der Waals surface area contributed by atoms with Crippen molar-refractivity contribution in [3.05, 3.63) is 29.6 Å². The summed E-state index contributed by atoms with van der Waals surface area (Å²) >= 11 is 1.48. The molecule has 0 saturated heterocycles. The summed E-state index contributed by atoms with van der Waals surface area (Å²) in [6, 6.07) is 5.08. The van der Waals surface area contributed by atoms with Crippen LogP contribution in [0.1, 0.15) is 18.3 Å². The lowest BCUT2D eigenvalue weighted by Gasteiger charge is -2.06. The molecule has 7 heteroatoms. The summed E-state index contributed by atoms with van der Waals surface area (Å²) in [5, 5.41) is 22.7. The molecule has 0 bridgehead atoms. The minimum atomic E-state index is 0.120. The lowest BCUT2D eigenvalue weighted by Crippen LogP contribution is -1.96. The highest BCUT2D eigenvalue weighted by Crippen LogP contribution is 2.26. The van der Waals surface area contributed by atoms with E-state index in [4.69, 9.17) is 4.74 Å². The average Bonchev–Trinajstić information content (AvgIpc) is 2.80. The van der Waals surface area contributed by atoms with Gasteiger partial charge in [-0.2, -0.15) is 9.78 Å². The first-order valence-corrected chi connectivity index (χ1v) is 7.34. The van der Waals surface area contributed by atoms with Gasteiger partial charge in [-0.3, -0.25) is 0 Å². The van der Waals surface area contributed by atoms with Crippen molar-refractivity contribution in [2.75, 3.05) is 12.9 Å². The summed E-state index contributed by atoms with van der Waals surface area (Å²) in [4.78, 5) is 0. The summed E-state index contributed by atoms with van der Waals surface area (Å²) in [5.74, 6) is 1.28. The Bertz CT molecular complexity index is 625. The van der Waals surface area contributed by atoms with Crippen molar-refractivity contribution in [2.24, 2.45) is 5.10 Å². The van der Waals surface area contributed by atoms with E-state index in [2.05, 4.69) is 15.3 Å². The molecule has 1 aromatic heterocycles. The van der Waals surface area contributed by atoms with Gasteiger partial charge in [0.25, 0.3) is 0 Å². The number of phenolic OH excluding ortho intramolecular Hbond substituents is 1. The summed E-state index contributed by atoms with van der Waals surface area (Å²) < 4.78 is 7.00. The van der Waals surface area contributed by atoms with E-state index in [9.17, 15) is 5.11 Å². The molecule has 2 rings (SSSR count). The number of nitrogens with zero attached hydrogens (tertiary/aromatic N) is 4. The Hall–Kier alpha value is -2.02. The lowest BCUT2D eigenvalue weighted by atomic mass is 10.2. The van der Waals surface area contributed by atoms with Crippen LogP contribution in [0.15, 0.2) is 28.5 Å². The first kappa shape index (κ1) is 14.4. The Labute approximate surface area is 121 Å². The minimum Gasteiger partial charge on any atom is -0.504 e. The minimum absolute atomic E-state index is 0.120. The van der Waals surface area contributed by atoms with Gasteiger partial charge in [0.15, 0.2) is 17.3 Å². The van der Waals surface area contributed by atoms with Gasteiger partial charge < -0.3 is 9.84 Å². The van der Waals surface area contributed by atoms with E-state index in [1.165, 1.54) is 11.8 Å². The van der Waals surface area contributed by atoms with Gasteiger partial charge in [-0.1, -0.05) is 11.8 Å². The Morgan fingerprint density at radius 1 is 1.45 bits per heavy atom. The van der Waals surface area contributed by atoms with Crippen molar-refractivity contribution in [3.63, 3.8) is 0 Å². The van der Waals surface area contributed by atoms with Crippen LogP contribution in [-0.4, -0.2) is 39.1 Å². The molecular weight excluding hydrogens is 276 g/mol. The second-order valence-corrected chi connectivity index (χ2v) is 4.72. The second kappa shape index (κ2) is 6.42. The van der Waals surface area contributed by atoms with Crippen molar-refractivity contribution < 1.29 is 9.84 Å². The van der Waals surface area contributed by atoms with Crippen LogP contribution in [0, 0.1) is 6.92 Å². The molecule has 0 aliphatic carbocycles. The quantitative estimate of drug-likeness (QED) is 0.676. The number of phenols is 1. The maximum Gasteiger partial charge on any atom is 0.211 e. The first-order valence-electron chi connectivity index (χ1n) is 6.12. The predicted octanol–water partition coefficient (Wildman–Crippen LogP) is 2.29. The van der Waals surface area contributed by atoms with Crippen LogP contribution in [0.4, 0.5) is 0 Å². The third-order valence-electron chi connectivity index (χ3n) is 2.56. The van der Waals surface area contributed by atoms with Crippen molar-refractivity contribution in [1.82, 2.24) is 14.9 Å². The molecule has 0 amide bonds. The van der Waals surface area contributed by atoms with Gasteiger partial charge in [-0.25, -0.2) is 0 Å². The average molecular weight is 292 g/mol. The smallest absolute Gasteiger partial charge is 0.211 e. The van der Waals surface area contributed by atoms with Crippen molar-refractivity contribution in [1.29, 1.82) is 0 Å². The molecule has 1 N–H and O–H groups in total. The van der Waals surface area contributed by atoms with Crippen LogP contribution in [-0.2, 0) is 0 Å². The van der Waals surface area contributed by atoms with Crippen molar-refractivity contribution in [2.45, 2.75) is 19.0 Å². The number of thioether (sulfide) groups is 1. The predicted molar refractivity (Wildman–Crippen MR) is 78.8 cm³/mol. The second-order valence-electron chi connectivity index (χ2n) is 3.95. The normalized spacial score (nSPS) is 11.2. The fraction of sp³-hybridized carbons (Fsp3) is 0.308. The number of ether oxygens (including phenoxy) is 1. The zero-order chi connectivity index (χ0) is 14.5. The number of benzene rings is 1. The highest BCUT2D eigenvalue weighted by molar-refractivity contribution is 7.98. The van der Waals surface area contributed by atoms with E-state index in [0.29, 0.717) is 12.4 Å². The molecular formula is C13H16N4O2S. The molecule has 0 radical (unpaired) electrons. The van der Waals surface area contributed by atoms with Crippen LogP contribution in [0.2, 0.25) is 0 Å². The molecule has 1 heterocycles. The zero-order valence-electron chi connectivity index (χ0n) is 11.6. The van der Waals surface area contributed by atoms with E-state index in [1.54, 1.807) is 29.1 Å². The van der Waals surface area contributed by atoms with Gasteiger partial charge in [0.05, 0.1) is 12.8 Å². The number of aromatic hydroxyl groups is 1. The largest absolute Gasteiger partial charge is 0.504 e. The molecule has 0 saturated carbocycles. The van der Waals surface area contributed by atoms with Gasteiger partial charge in [0.1, 0.15) is 0 Å².